The molecule has 0 radical (unpaired) electrons. The lowest BCUT2D eigenvalue weighted by Crippen LogP contribution is -2.49. The maximum absolute atomic E-state index is 12.0. The summed E-state index contributed by atoms with van der Waals surface area (Å²) in [5, 5.41) is 2.85. The van der Waals surface area contributed by atoms with Crippen molar-refractivity contribution in [1.29, 1.82) is 0 Å². The van der Waals surface area contributed by atoms with Crippen molar-refractivity contribution in [3.63, 3.8) is 0 Å². The van der Waals surface area contributed by atoms with Crippen LogP contribution in [0.15, 0.2) is 0 Å². The van der Waals surface area contributed by atoms with E-state index in [1.807, 2.05) is 13.8 Å². The van der Waals surface area contributed by atoms with Crippen LogP contribution in [0.5, 0.6) is 0 Å². The quantitative estimate of drug-likeness (QED) is 0.805. The van der Waals surface area contributed by atoms with E-state index in [0.29, 0.717) is 12.5 Å². The summed E-state index contributed by atoms with van der Waals surface area (Å²) in [5.41, 5.74) is 0. The van der Waals surface area contributed by atoms with Crippen LogP contribution in [0.25, 0.3) is 0 Å². The largest absolute Gasteiger partial charge is 0.375 e. The molecule has 0 spiro atoms. The second kappa shape index (κ2) is 7.62. The fourth-order valence-corrected chi connectivity index (χ4v) is 2.43. The molecule has 0 aromatic carbocycles. The first kappa shape index (κ1) is 17.0. The van der Waals surface area contributed by atoms with Gasteiger partial charge < -0.3 is 15.0 Å². The number of nitrogens with one attached hydrogen (secondary N) is 1. The van der Waals surface area contributed by atoms with Crippen molar-refractivity contribution in [3.8, 4) is 0 Å². The van der Waals surface area contributed by atoms with E-state index in [9.17, 15) is 9.59 Å². The van der Waals surface area contributed by atoms with E-state index in [1.165, 1.54) is 4.90 Å². The molecular formula is C15H28N2O3. The smallest absolute Gasteiger partial charge is 0.244 e. The van der Waals surface area contributed by atoms with E-state index in [2.05, 4.69) is 12.2 Å². The van der Waals surface area contributed by atoms with Gasteiger partial charge in [-0.15, -0.1) is 0 Å². The van der Waals surface area contributed by atoms with Crippen molar-refractivity contribution >= 4 is 11.8 Å². The summed E-state index contributed by atoms with van der Waals surface area (Å²) >= 11 is 0. The van der Waals surface area contributed by atoms with Gasteiger partial charge in [-0.05, 0) is 32.1 Å². The third-order valence-corrected chi connectivity index (χ3v) is 3.70. The molecule has 1 aliphatic heterocycles. The van der Waals surface area contributed by atoms with Crippen molar-refractivity contribution in [2.75, 3.05) is 14.1 Å². The van der Waals surface area contributed by atoms with Gasteiger partial charge in [-0.3, -0.25) is 9.59 Å². The Bertz CT molecular complexity index is 342. The number of rotatable bonds is 6. The van der Waals surface area contributed by atoms with Crippen LogP contribution in [-0.2, 0) is 14.3 Å². The zero-order valence-corrected chi connectivity index (χ0v) is 13.3. The Hall–Kier alpha value is -1.10. The first-order chi connectivity index (χ1) is 9.31. The van der Waals surface area contributed by atoms with Crippen LogP contribution in [0.4, 0.5) is 0 Å². The normalized spacial score (nSPS) is 23.7. The monoisotopic (exact) mass is 284 g/mol. The third kappa shape index (κ3) is 5.12. The minimum Gasteiger partial charge on any atom is -0.375 e. The number of nitrogens with zero attached hydrogens (tertiary/aromatic N) is 1. The highest BCUT2D eigenvalue weighted by molar-refractivity contribution is 5.87. The fourth-order valence-electron chi connectivity index (χ4n) is 2.43. The average Bonchev–Trinajstić information content (AvgIpc) is 2.78. The van der Waals surface area contributed by atoms with Crippen molar-refractivity contribution < 1.29 is 14.3 Å². The maximum atomic E-state index is 12.0. The minimum absolute atomic E-state index is 0.0564. The van der Waals surface area contributed by atoms with Gasteiger partial charge in [-0.1, -0.05) is 13.8 Å². The molecule has 2 amide bonds. The van der Waals surface area contributed by atoms with Crippen LogP contribution < -0.4 is 5.32 Å². The zero-order chi connectivity index (χ0) is 15.3. The fraction of sp³-hybridized carbons (Fsp3) is 0.867. The van der Waals surface area contributed by atoms with Crippen molar-refractivity contribution in [3.05, 3.63) is 0 Å². The molecule has 0 saturated carbocycles. The first-order valence-electron chi connectivity index (χ1n) is 7.47. The standard InChI is InChI=1S/C15H28N2O3/c1-10(2)14(15(19)17(4)5)16-13(18)9-8-12-7-6-11(3)20-12/h10-12,14H,6-9H2,1-5H3,(H,16,18)/t11-,12+,14-/m1/s1. The molecule has 20 heavy (non-hydrogen) atoms. The molecule has 3 atom stereocenters. The molecule has 1 saturated heterocycles. The Morgan fingerprint density at radius 3 is 2.40 bits per heavy atom. The van der Waals surface area contributed by atoms with Crippen LogP contribution in [-0.4, -0.2) is 49.1 Å². The number of hydrogen-bond acceptors (Lipinski definition) is 3. The van der Waals surface area contributed by atoms with E-state index in [0.717, 1.165) is 19.3 Å². The van der Waals surface area contributed by atoms with Gasteiger partial charge in [0.15, 0.2) is 0 Å². The summed E-state index contributed by atoms with van der Waals surface area (Å²) in [6, 6.07) is -0.444. The number of likely N-dealkylation sites (N-methyl/N-ethyl adjacent to an activating group) is 1. The molecule has 116 valence electrons. The first-order valence-corrected chi connectivity index (χ1v) is 7.47. The third-order valence-electron chi connectivity index (χ3n) is 3.70. The molecule has 0 bridgehead atoms. The van der Waals surface area contributed by atoms with Crippen LogP contribution in [0.3, 0.4) is 0 Å². The SMILES string of the molecule is CC(C)[C@@H](NC(=O)CC[C@@H]1CC[C@@H](C)O1)C(=O)N(C)C. The highest BCUT2D eigenvalue weighted by atomic mass is 16.5. The lowest BCUT2D eigenvalue weighted by atomic mass is 10.0. The summed E-state index contributed by atoms with van der Waals surface area (Å²) in [4.78, 5) is 25.5. The van der Waals surface area contributed by atoms with E-state index < -0.39 is 6.04 Å². The van der Waals surface area contributed by atoms with Gasteiger partial charge in [0.2, 0.25) is 11.8 Å². The second-order valence-electron chi connectivity index (χ2n) is 6.21. The van der Waals surface area contributed by atoms with Crippen LogP contribution in [0.2, 0.25) is 0 Å². The summed E-state index contributed by atoms with van der Waals surface area (Å²) in [6.07, 6.45) is 3.75. The number of amides is 2. The number of hydrogen-bond donors (Lipinski definition) is 1. The number of carbonyl (C=O) groups excluding carboxylic acids is 2. The van der Waals surface area contributed by atoms with Crippen molar-refractivity contribution in [2.24, 2.45) is 5.92 Å². The van der Waals surface area contributed by atoms with Gasteiger partial charge in [0.05, 0.1) is 12.2 Å². The Morgan fingerprint density at radius 1 is 1.30 bits per heavy atom. The molecule has 1 N–H and O–H groups in total. The Kier molecular flexibility index (Phi) is 6.46. The van der Waals surface area contributed by atoms with Gasteiger partial charge in [0.1, 0.15) is 6.04 Å². The molecule has 0 aromatic rings. The van der Waals surface area contributed by atoms with Gasteiger partial charge in [-0.2, -0.15) is 0 Å². The Balaban J connectivity index is 2.40. The number of carbonyl (C=O) groups is 2. The molecule has 1 aliphatic rings. The molecule has 5 nitrogen and oxygen atoms in total. The molecular weight excluding hydrogens is 256 g/mol. The molecule has 0 aliphatic carbocycles. The number of ether oxygens (including phenoxy) is 1. The molecule has 1 rings (SSSR count). The highest BCUT2D eigenvalue weighted by Crippen LogP contribution is 2.22. The van der Waals surface area contributed by atoms with Crippen LogP contribution in [0.1, 0.15) is 46.5 Å². The van der Waals surface area contributed by atoms with Crippen molar-refractivity contribution in [1.82, 2.24) is 10.2 Å². The predicted octanol–water partition coefficient (Wildman–Crippen LogP) is 1.56. The van der Waals surface area contributed by atoms with Gasteiger partial charge >= 0.3 is 0 Å². The minimum atomic E-state index is -0.444. The van der Waals surface area contributed by atoms with Gasteiger partial charge in [0, 0.05) is 20.5 Å². The van der Waals surface area contributed by atoms with Crippen molar-refractivity contribution in [2.45, 2.75) is 64.7 Å². The summed E-state index contributed by atoms with van der Waals surface area (Å²) in [7, 11) is 3.41. The van der Waals surface area contributed by atoms with E-state index in [4.69, 9.17) is 4.74 Å². The molecule has 0 unspecified atom stereocenters. The zero-order valence-electron chi connectivity index (χ0n) is 13.3. The van der Waals surface area contributed by atoms with E-state index in [1.54, 1.807) is 14.1 Å². The summed E-state index contributed by atoms with van der Waals surface area (Å²) in [5.74, 6) is -0.0438. The molecule has 1 fully saturated rings. The average molecular weight is 284 g/mol. The molecule has 1 heterocycles. The summed E-state index contributed by atoms with van der Waals surface area (Å²) < 4.78 is 5.69. The topological polar surface area (TPSA) is 58.6 Å². The lowest BCUT2D eigenvalue weighted by Gasteiger charge is -2.24. The Morgan fingerprint density at radius 2 is 1.95 bits per heavy atom. The second-order valence-corrected chi connectivity index (χ2v) is 6.21. The molecule has 5 heteroatoms. The van der Waals surface area contributed by atoms with Gasteiger partial charge in [0.25, 0.3) is 0 Å². The van der Waals surface area contributed by atoms with E-state index in [-0.39, 0.29) is 23.8 Å². The highest BCUT2D eigenvalue weighted by Gasteiger charge is 2.26. The van der Waals surface area contributed by atoms with Crippen LogP contribution in [0, 0.1) is 5.92 Å². The Labute approximate surface area is 122 Å². The van der Waals surface area contributed by atoms with E-state index >= 15 is 0 Å². The van der Waals surface area contributed by atoms with Crippen LogP contribution >= 0.6 is 0 Å². The predicted molar refractivity (Wildman–Crippen MR) is 78.3 cm³/mol. The lowest BCUT2D eigenvalue weighted by molar-refractivity contribution is -0.135. The maximum Gasteiger partial charge on any atom is 0.244 e. The summed E-state index contributed by atoms with van der Waals surface area (Å²) in [6.45, 7) is 5.94. The molecule has 0 aromatic heterocycles. The van der Waals surface area contributed by atoms with Gasteiger partial charge in [-0.25, -0.2) is 0 Å².